The first-order valence-electron chi connectivity index (χ1n) is 5.77. The molecule has 0 fully saturated rings. The number of nitrogens with zero attached hydrogens (tertiary/aromatic N) is 2. The van der Waals surface area contributed by atoms with Gasteiger partial charge in [-0.1, -0.05) is 0 Å². The van der Waals surface area contributed by atoms with Crippen LogP contribution in [0.2, 0.25) is 0 Å². The van der Waals surface area contributed by atoms with Crippen LogP contribution in [0.1, 0.15) is 17.0 Å². The van der Waals surface area contributed by atoms with Crippen LogP contribution in [0, 0.1) is 31.3 Å². The Hall–Kier alpha value is -1.98. The fourth-order valence-corrected chi connectivity index (χ4v) is 1.94. The van der Waals surface area contributed by atoms with Crippen LogP contribution in [0.25, 0.3) is 0 Å². The third-order valence-electron chi connectivity index (χ3n) is 3.11. The molecule has 0 radical (unpaired) electrons. The van der Waals surface area contributed by atoms with E-state index >= 15 is 0 Å². The second kappa shape index (κ2) is 4.95. The van der Waals surface area contributed by atoms with Gasteiger partial charge in [-0.15, -0.1) is 0 Å². The predicted octanol–water partition coefficient (Wildman–Crippen LogP) is 3.07. The predicted molar refractivity (Wildman–Crippen MR) is 66.3 cm³/mol. The summed E-state index contributed by atoms with van der Waals surface area (Å²) in [6.45, 7) is 3.96. The van der Waals surface area contributed by atoms with Gasteiger partial charge >= 0.3 is 0 Å². The molecule has 0 aliphatic heterocycles. The van der Waals surface area contributed by atoms with Gasteiger partial charge in [-0.05, 0) is 13.8 Å². The molecule has 1 heterocycles. The van der Waals surface area contributed by atoms with Crippen molar-refractivity contribution in [2.24, 2.45) is 7.05 Å². The van der Waals surface area contributed by atoms with E-state index < -0.39 is 17.5 Å². The Bertz CT molecular complexity index is 620. The van der Waals surface area contributed by atoms with Gasteiger partial charge < -0.3 is 5.32 Å². The normalized spacial score (nSPS) is 10.8. The molecule has 6 heteroatoms. The SMILES string of the molecule is Cc1nn(C)c(C)c1CNc1cc(F)cc(F)c1F. The molecule has 0 spiro atoms. The van der Waals surface area contributed by atoms with Gasteiger partial charge in [0.05, 0.1) is 11.4 Å². The average molecular weight is 269 g/mol. The number of hydrogen-bond acceptors (Lipinski definition) is 2. The Morgan fingerprint density at radius 3 is 2.47 bits per heavy atom. The molecule has 0 bridgehead atoms. The maximum atomic E-state index is 13.5. The topological polar surface area (TPSA) is 29.9 Å². The van der Waals surface area contributed by atoms with Crippen molar-refractivity contribution < 1.29 is 13.2 Å². The summed E-state index contributed by atoms with van der Waals surface area (Å²) in [5.41, 5.74) is 2.40. The molecule has 1 N–H and O–H groups in total. The van der Waals surface area contributed by atoms with Crippen molar-refractivity contribution >= 4 is 5.69 Å². The third kappa shape index (κ3) is 2.57. The van der Waals surface area contributed by atoms with Crippen LogP contribution in [-0.4, -0.2) is 9.78 Å². The maximum absolute atomic E-state index is 13.5. The van der Waals surface area contributed by atoms with Gasteiger partial charge in [0.2, 0.25) is 0 Å². The second-order valence-corrected chi connectivity index (χ2v) is 4.38. The van der Waals surface area contributed by atoms with Crippen LogP contribution in [0.3, 0.4) is 0 Å². The van der Waals surface area contributed by atoms with Crippen LogP contribution >= 0.6 is 0 Å². The minimum Gasteiger partial charge on any atom is -0.378 e. The van der Waals surface area contributed by atoms with Gasteiger partial charge in [-0.3, -0.25) is 4.68 Å². The fraction of sp³-hybridized carbons (Fsp3) is 0.308. The summed E-state index contributed by atoms with van der Waals surface area (Å²) in [4.78, 5) is 0. The molecule has 2 aromatic rings. The second-order valence-electron chi connectivity index (χ2n) is 4.38. The summed E-state index contributed by atoms with van der Waals surface area (Å²) in [5.74, 6) is -3.11. The van der Waals surface area contributed by atoms with Crippen LogP contribution < -0.4 is 5.32 Å². The average Bonchev–Trinajstić information content (AvgIpc) is 2.57. The van der Waals surface area contributed by atoms with Gasteiger partial charge in [0.1, 0.15) is 5.82 Å². The molecule has 0 saturated heterocycles. The number of anilines is 1. The van der Waals surface area contributed by atoms with E-state index in [9.17, 15) is 13.2 Å². The molecular weight excluding hydrogens is 255 g/mol. The summed E-state index contributed by atoms with van der Waals surface area (Å²) >= 11 is 0. The molecule has 0 unspecified atom stereocenters. The lowest BCUT2D eigenvalue weighted by atomic mass is 10.2. The van der Waals surface area contributed by atoms with E-state index in [0.29, 0.717) is 6.07 Å². The monoisotopic (exact) mass is 269 g/mol. The van der Waals surface area contributed by atoms with Crippen LogP contribution in [0.4, 0.5) is 18.9 Å². The minimum absolute atomic E-state index is 0.194. The Kier molecular flexibility index (Phi) is 3.50. The number of aromatic nitrogens is 2. The van der Waals surface area contributed by atoms with Crippen molar-refractivity contribution in [2.45, 2.75) is 20.4 Å². The van der Waals surface area contributed by atoms with E-state index in [1.54, 1.807) is 11.7 Å². The first-order valence-corrected chi connectivity index (χ1v) is 5.77. The van der Waals surface area contributed by atoms with Crippen molar-refractivity contribution in [1.29, 1.82) is 0 Å². The molecule has 0 atom stereocenters. The molecule has 0 aliphatic rings. The summed E-state index contributed by atoms with van der Waals surface area (Å²) < 4.78 is 41.3. The lowest BCUT2D eigenvalue weighted by Gasteiger charge is -2.09. The number of aryl methyl sites for hydroxylation is 2. The van der Waals surface area contributed by atoms with Crippen molar-refractivity contribution in [3.05, 3.63) is 46.5 Å². The zero-order valence-corrected chi connectivity index (χ0v) is 10.9. The molecule has 1 aromatic heterocycles. The Morgan fingerprint density at radius 1 is 1.21 bits per heavy atom. The maximum Gasteiger partial charge on any atom is 0.182 e. The molecule has 19 heavy (non-hydrogen) atoms. The summed E-state index contributed by atoms with van der Waals surface area (Å²) in [7, 11) is 1.80. The van der Waals surface area contributed by atoms with Crippen molar-refractivity contribution in [1.82, 2.24) is 9.78 Å². The van der Waals surface area contributed by atoms with Gasteiger partial charge in [-0.2, -0.15) is 5.10 Å². The Labute approximate surface area is 109 Å². The minimum atomic E-state index is -1.21. The molecule has 3 nitrogen and oxygen atoms in total. The first kappa shape index (κ1) is 13.5. The van der Waals surface area contributed by atoms with Crippen molar-refractivity contribution in [3.63, 3.8) is 0 Å². The molecule has 0 aliphatic carbocycles. The zero-order valence-electron chi connectivity index (χ0n) is 10.9. The van der Waals surface area contributed by atoms with Gasteiger partial charge in [0.25, 0.3) is 0 Å². The number of benzene rings is 1. The summed E-state index contributed by atoms with van der Waals surface area (Å²) in [5, 5.41) is 6.91. The molecule has 0 amide bonds. The van der Waals surface area contributed by atoms with E-state index in [-0.39, 0.29) is 12.2 Å². The van der Waals surface area contributed by atoms with Crippen molar-refractivity contribution in [3.8, 4) is 0 Å². The number of hydrogen-bond donors (Lipinski definition) is 1. The lowest BCUT2D eigenvalue weighted by Crippen LogP contribution is -2.05. The molecule has 1 aromatic carbocycles. The van der Waals surface area contributed by atoms with Crippen LogP contribution in [-0.2, 0) is 13.6 Å². The number of nitrogens with one attached hydrogen (secondary N) is 1. The smallest absolute Gasteiger partial charge is 0.182 e. The molecule has 102 valence electrons. The highest BCUT2D eigenvalue weighted by molar-refractivity contribution is 5.46. The standard InChI is InChI=1S/C13H14F3N3/c1-7-10(8(2)19(3)18-7)6-17-12-5-9(14)4-11(15)13(12)16/h4-5,17H,6H2,1-3H3. The highest BCUT2D eigenvalue weighted by Gasteiger charge is 2.13. The fourth-order valence-electron chi connectivity index (χ4n) is 1.94. The van der Waals surface area contributed by atoms with Crippen LogP contribution in [0.5, 0.6) is 0 Å². The summed E-state index contributed by atoms with van der Waals surface area (Å²) in [6.07, 6.45) is 0. The van der Waals surface area contributed by atoms with E-state index in [4.69, 9.17) is 0 Å². The lowest BCUT2D eigenvalue weighted by molar-refractivity contribution is 0.497. The molecule has 2 rings (SSSR count). The Balaban J connectivity index is 2.24. The molecular formula is C13H14F3N3. The largest absolute Gasteiger partial charge is 0.378 e. The number of halogens is 3. The van der Waals surface area contributed by atoms with Gasteiger partial charge in [0.15, 0.2) is 11.6 Å². The van der Waals surface area contributed by atoms with Gasteiger partial charge in [-0.25, -0.2) is 13.2 Å². The molecule has 0 saturated carbocycles. The van der Waals surface area contributed by atoms with E-state index in [1.807, 2.05) is 13.8 Å². The van der Waals surface area contributed by atoms with E-state index in [1.165, 1.54) is 0 Å². The van der Waals surface area contributed by atoms with Gasteiger partial charge in [0, 0.05) is 37.0 Å². The van der Waals surface area contributed by atoms with Crippen LogP contribution in [0.15, 0.2) is 12.1 Å². The first-order chi connectivity index (χ1) is 8.90. The Morgan fingerprint density at radius 2 is 1.89 bits per heavy atom. The van der Waals surface area contributed by atoms with E-state index in [0.717, 1.165) is 23.0 Å². The number of rotatable bonds is 3. The third-order valence-corrected chi connectivity index (χ3v) is 3.11. The quantitative estimate of drug-likeness (QED) is 0.868. The highest BCUT2D eigenvalue weighted by Crippen LogP contribution is 2.21. The van der Waals surface area contributed by atoms with E-state index in [2.05, 4.69) is 10.4 Å². The highest BCUT2D eigenvalue weighted by atomic mass is 19.2. The summed E-state index contributed by atoms with van der Waals surface area (Å²) in [6, 6.07) is 1.44. The zero-order chi connectivity index (χ0) is 14.2. The van der Waals surface area contributed by atoms with Crippen molar-refractivity contribution in [2.75, 3.05) is 5.32 Å².